The predicted octanol–water partition coefficient (Wildman–Crippen LogP) is 6.50. The zero-order valence-electron chi connectivity index (χ0n) is 17.3. The first-order chi connectivity index (χ1) is 12.6. The van der Waals surface area contributed by atoms with Crippen LogP contribution in [0.1, 0.15) is 78.2 Å². The largest absolute Gasteiger partial charge is 0.423 e. The zero-order chi connectivity index (χ0) is 19.6. The van der Waals surface area contributed by atoms with E-state index < -0.39 is 0 Å². The van der Waals surface area contributed by atoms with Gasteiger partial charge in [0.2, 0.25) is 0 Å². The molecule has 1 aromatic carbocycles. The Morgan fingerprint density at radius 3 is 2.04 bits per heavy atom. The molecule has 0 aromatic heterocycles. The fourth-order valence-corrected chi connectivity index (χ4v) is 2.47. The number of hydrogen-bond acceptors (Lipinski definition) is 3. The molecule has 1 rings (SSSR count). The SMILES string of the molecule is C=C(C)C(=O)Oc1ccccc1CCCCCCCCC.CCOCC. The first-order valence-electron chi connectivity index (χ1n) is 10.1. The Labute approximate surface area is 160 Å². The van der Waals surface area contributed by atoms with Crippen LogP contribution in [-0.4, -0.2) is 19.2 Å². The number of carbonyl (C=O) groups excluding carboxylic acids is 1. The van der Waals surface area contributed by atoms with Crippen molar-refractivity contribution in [3.63, 3.8) is 0 Å². The number of rotatable bonds is 12. The van der Waals surface area contributed by atoms with Crippen LogP contribution < -0.4 is 4.74 Å². The molecule has 3 heteroatoms. The highest BCUT2D eigenvalue weighted by molar-refractivity contribution is 5.88. The molecule has 26 heavy (non-hydrogen) atoms. The van der Waals surface area contributed by atoms with Crippen molar-refractivity contribution in [1.82, 2.24) is 0 Å². The maximum absolute atomic E-state index is 11.6. The third-order valence-electron chi connectivity index (χ3n) is 3.98. The minimum Gasteiger partial charge on any atom is -0.423 e. The van der Waals surface area contributed by atoms with Crippen LogP contribution in [0.25, 0.3) is 0 Å². The molecule has 0 radical (unpaired) electrons. The molecule has 0 atom stereocenters. The van der Waals surface area contributed by atoms with Gasteiger partial charge in [-0.05, 0) is 45.2 Å². The molecule has 0 heterocycles. The molecule has 0 fully saturated rings. The molecule has 0 saturated carbocycles. The number of esters is 1. The van der Waals surface area contributed by atoms with Gasteiger partial charge in [-0.3, -0.25) is 0 Å². The summed E-state index contributed by atoms with van der Waals surface area (Å²) in [5, 5.41) is 0. The Morgan fingerprint density at radius 1 is 0.923 bits per heavy atom. The molecule has 3 nitrogen and oxygen atoms in total. The molecule has 0 N–H and O–H groups in total. The van der Waals surface area contributed by atoms with Gasteiger partial charge < -0.3 is 9.47 Å². The van der Waals surface area contributed by atoms with Crippen molar-refractivity contribution in [2.45, 2.75) is 79.1 Å². The number of para-hydroxylation sites is 1. The standard InChI is InChI=1S/C19H28O2.C4H10O/c1-4-5-6-7-8-9-10-13-17-14-11-12-15-18(17)21-19(20)16(2)3;1-3-5-4-2/h11-12,14-15H,2,4-10,13H2,1,3H3;3-4H2,1-2H3. The average Bonchev–Trinajstić information content (AvgIpc) is 2.63. The van der Waals surface area contributed by atoms with E-state index in [9.17, 15) is 4.79 Å². The third kappa shape index (κ3) is 12.7. The summed E-state index contributed by atoms with van der Waals surface area (Å²) in [6.45, 7) is 13.2. The summed E-state index contributed by atoms with van der Waals surface area (Å²) in [6.07, 6.45) is 9.98. The van der Waals surface area contributed by atoms with Crippen LogP contribution >= 0.6 is 0 Å². The van der Waals surface area contributed by atoms with E-state index in [0.29, 0.717) is 11.3 Å². The summed E-state index contributed by atoms with van der Waals surface area (Å²) in [5.41, 5.74) is 1.54. The van der Waals surface area contributed by atoms with Crippen molar-refractivity contribution in [3.05, 3.63) is 42.0 Å². The lowest BCUT2D eigenvalue weighted by Crippen LogP contribution is -2.09. The Kier molecular flexibility index (Phi) is 15.8. The monoisotopic (exact) mass is 362 g/mol. The van der Waals surface area contributed by atoms with Crippen LogP contribution in [0.15, 0.2) is 36.4 Å². The Morgan fingerprint density at radius 2 is 1.50 bits per heavy atom. The van der Waals surface area contributed by atoms with E-state index in [2.05, 4.69) is 13.5 Å². The summed E-state index contributed by atoms with van der Waals surface area (Å²) in [4.78, 5) is 11.6. The van der Waals surface area contributed by atoms with Gasteiger partial charge in [-0.25, -0.2) is 4.79 Å². The van der Waals surface area contributed by atoms with E-state index in [4.69, 9.17) is 9.47 Å². The summed E-state index contributed by atoms with van der Waals surface area (Å²) in [7, 11) is 0. The number of carbonyl (C=O) groups is 1. The van der Waals surface area contributed by atoms with E-state index in [1.165, 1.54) is 38.5 Å². The molecule has 1 aromatic rings. The number of ether oxygens (including phenoxy) is 2. The third-order valence-corrected chi connectivity index (χ3v) is 3.98. The summed E-state index contributed by atoms with van der Waals surface area (Å²) < 4.78 is 10.2. The summed E-state index contributed by atoms with van der Waals surface area (Å²) in [5.74, 6) is 0.332. The zero-order valence-corrected chi connectivity index (χ0v) is 17.3. The lowest BCUT2D eigenvalue weighted by Gasteiger charge is -2.10. The van der Waals surface area contributed by atoms with Gasteiger partial charge in [0, 0.05) is 18.8 Å². The summed E-state index contributed by atoms with van der Waals surface area (Å²) in [6, 6.07) is 7.79. The number of aryl methyl sites for hydroxylation is 1. The first kappa shape index (κ1) is 24.4. The van der Waals surface area contributed by atoms with Gasteiger partial charge in [-0.1, -0.05) is 70.2 Å². The molecular formula is C23H38O3. The van der Waals surface area contributed by atoms with Crippen molar-refractivity contribution >= 4 is 5.97 Å². The second-order valence-corrected chi connectivity index (χ2v) is 6.43. The van der Waals surface area contributed by atoms with E-state index in [1.54, 1.807) is 6.92 Å². The highest BCUT2D eigenvalue weighted by Gasteiger charge is 2.09. The molecule has 0 amide bonds. The lowest BCUT2D eigenvalue weighted by molar-refractivity contribution is -0.130. The number of unbranched alkanes of at least 4 members (excludes halogenated alkanes) is 6. The highest BCUT2D eigenvalue weighted by atomic mass is 16.5. The van der Waals surface area contributed by atoms with E-state index >= 15 is 0 Å². The van der Waals surface area contributed by atoms with Crippen molar-refractivity contribution in [2.24, 2.45) is 0 Å². The van der Waals surface area contributed by atoms with Crippen LogP contribution in [0.4, 0.5) is 0 Å². The van der Waals surface area contributed by atoms with Gasteiger partial charge in [0.15, 0.2) is 0 Å². The molecule has 148 valence electrons. The van der Waals surface area contributed by atoms with Gasteiger partial charge in [-0.2, -0.15) is 0 Å². The predicted molar refractivity (Wildman–Crippen MR) is 111 cm³/mol. The van der Waals surface area contributed by atoms with Crippen molar-refractivity contribution in [1.29, 1.82) is 0 Å². The van der Waals surface area contributed by atoms with Crippen LogP contribution in [-0.2, 0) is 16.0 Å². The highest BCUT2D eigenvalue weighted by Crippen LogP contribution is 2.21. The second-order valence-electron chi connectivity index (χ2n) is 6.43. The van der Waals surface area contributed by atoms with Gasteiger partial charge >= 0.3 is 5.97 Å². The Hall–Kier alpha value is -1.61. The van der Waals surface area contributed by atoms with Crippen LogP contribution in [0.3, 0.4) is 0 Å². The molecule has 0 spiro atoms. The minimum absolute atomic E-state index is 0.345. The minimum atomic E-state index is -0.345. The van der Waals surface area contributed by atoms with Crippen molar-refractivity contribution in [2.75, 3.05) is 13.2 Å². The maximum Gasteiger partial charge on any atom is 0.338 e. The Bertz CT molecular complexity index is 492. The van der Waals surface area contributed by atoms with Gasteiger partial charge in [0.1, 0.15) is 5.75 Å². The lowest BCUT2D eigenvalue weighted by atomic mass is 10.0. The van der Waals surface area contributed by atoms with Crippen LogP contribution in [0, 0.1) is 0 Å². The molecule has 0 unspecified atom stereocenters. The van der Waals surface area contributed by atoms with E-state index in [0.717, 1.165) is 31.6 Å². The molecule has 0 saturated heterocycles. The first-order valence-corrected chi connectivity index (χ1v) is 10.1. The van der Waals surface area contributed by atoms with E-state index in [-0.39, 0.29) is 5.97 Å². The van der Waals surface area contributed by atoms with Crippen molar-refractivity contribution in [3.8, 4) is 5.75 Å². The molecule has 0 aliphatic carbocycles. The molecule has 0 aliphatic heterocycles. The fourth-order valence-electron chi connectivity index (χ4n) is 2.47. The molecular weight excluding hydrogens is 324 g/mol. The fraction of sp³-hybridized carbons (Fsp3) is 0.609. The van der Waals surface area contributed by atoms with Gasteiger partial charge in [0.05, 0.1) is 0 Å². The topological polar surface area (TPSA) is 35.5 Å². The Balaban J connectivity index is 0.00000110. The smallest absolute Gasteiger partial charge is 0.338 e. The van der Waals surface area contributed by atoms with Crippen LogP contribution in [0.2, 0.25) is 0 Å². The number of hydrogen-bond donors (Lipinski definition) is 0. The second kappa shape index (κ2) is 16.8. The van der Waals surface area contributed by atoms with Gasteiger partial charge in [0.25, 0.3) is 0 Å². The summed E-state index contributed by atoms with van der Waals surface area (Å²) >= 11 is 0. The quantitative estimate of drug-likeness (QED) is 0.184. The van der Waals surface area contributed by atoms with Crippen molar-refractivity contribution < 1.29 is 14.3 Å². The average molecular weight is 363 g/mol. The number of benzene rings is 1. The maximum atomic E-state index is 11.6. The van der Waals surface area contributed by atoms with Gasteiger partial charge in [-0.15, -0.1) is 0 Å². The van der Waals surface area contributed by atoms with Crippen LogP contribution in [0.5, 0.6) is 5.75 Å². The molecule has 0 bridgehead atoms. The molecule has 0 aliphatic rings. The normalized spacial score (nSPS) is 10.0. The van der Waals surface area contributed by atoms with E-state index in [1.807, 2.05) is 38.1 Å².